The number of amides is 1. The molecule has 0 fully saturated rings. The minimum Gasteiger partial charge on any atom is -0.496 e. The molecule has 7 nitrogen and oxygen atoms in total. The number of carboxylic acids is 1. The zero-order valence-electron chi connectivity index (χ0n) is 11.7. The number of carbonyl (C=O) groups is 2. The predicted molar refractivity (Wildman–Crippen MR) is 78.9 cm³/mol. The summed E-state index contributed by atoms with van der Waals surface area (Å²) in [6.45, 7) is 0. The maximum absolute atomic E-state index is 11.9. The number of aliphatic carboxylic acids is 1. The summed E-state index contributed by atoms with van der Waals surface area (Å²) in [5.41, 5.74) is 2.49. The Hall–Kier alpha value is -3.22. The molecule has 0 bridgehead atoms. The molecule has 2 rings (SSSR count). The molecule has 0 radical (unpaired) electrons. The van der Waals surface area contributed by atoms with E-state index in [1.165, 1.54) is 31.6 Å². The zero-order valence-corrected chi connectivity index (χ0v) is 11.7. The first kappa shape index (κ1) is 15.2. The summed E-state index contributed by atoms with van der Waals surface area (Å²) in [5, 5.41) is 13.0. The summed E-state index contributed by atoms with van der Waals surface area (Å²) in [7, 11) is 1.42. The second kappa shape index (κ2) is 6.98. The average Bonchev–Trinajstić information content (AvgIpc) is 2.55. The number of carbonyl (C=O) groups excluding carboxylic acids is 1. The maximum atomic E-state index is 11.9. The first-order valence-corrected chi connectivity index (χ1v) is 6.28. The smallest absolute Gasteiger partial charge is 0.357 e. The number of rotatable bonds is 5. The van der Waals surface area contributed by atoms with E-state index in [9.17, 15) is 14.7 Å². The SMILES string of the molecule is COc1ccccc1/C(=N/NC(=O)c1ccncc1)C(=O)O. The van der Waals surface area contributed by atoms with Crippen LogP contribution in [0.1, 0.15) is 15.9 Å². The van der Waals surface area contributed by atoms with Crippen molar-refractivity contribution in [2.24, 2.45) is 5.10 Å². The molecule has 0 spiro atoms. The molecule has 1 aromatic carbocycles. The van der Waals surface area contributed by atoms with Gasteiger partial charge in [0.2, 0.25) is 0 Å². The number of pyridine rings is 1. The lowest BCUT2D eigenvalue weighted by Gasteiger charge is -2.08. The third-order valence-electron chi connectivity index (χ3n) is 2.78. The van der Waals surface area contributed by atoms with Crippen molar-refractivity contribution in [3.05, 3.63) is 59.9 Å². The lowest BCUT2D eigenvalue weighted by molar-refractivity contribution is -0.129. The Bertz CT molecular complexity index is 714. The van der Waals surface area contributed by atoms with Crippen molar-refractivity contribution in [3.63, 3.8) is 0 Å². The molecule has 0 unspecified atom stereocenters. The van der Waals surface area contributed by atoms with Gasteiger partial charge in [0, 0.05) is 18.0 Å². The molecular weight excluding hydrogens is 286 g/mol. The van der Waals surface area contributed by atoms with Crippen LogP contribution in [0.15, 0.2) is 53.9 Å². The summed E-state index contributed by atoms with van der Waals surface area (Å²) in [6.07, 6.45) is 2.91. The predicted octanol–water partition coefficient (Wildman–Crippen LogP) is 1.31. The fourth-order valence-electron chi connectivity index (χ4n) is 1.74. The third kappa shape index (κ3) is 3.45. The van der Waals surface area contributed by atoms with Crippen molar-refractivity contribution in [1.82, 2.24) is 10.4 Å². The van der Waals surface area contributed by atoms with Gasteiger partial charge in [-0.2, -0.15) is 5.10 Å². The number of benzene rings is 1. The molecule has 1 aromatic heterocycles. The number of ether oxygens (including phenoxy) is 1. The minimum atomic E-state index is -1.28. The summed E-state index contributed by atoms with van der Waals surface area (Å²) < 4.78 is 5.10. The Morgan fingerprint density at radius 1 is 1.18 bits per heavy atom. The Morgan fingerprint density at radius 3 is 2.50 bits per heavy atom. The second-order valence-electron chi connectivity index (χ2n) is 4.14. The van der Waals surface area contributed by atoms with Crippen molar-refractivity contribution in [3.8, 4) is 5.75 Å². The molecular formula is C15H13N3O4. The van der Waals surface area contributed by atoms with Gasteiger partial charge in [-0.05, 0) is 24.3 Å². The highest BCUT2D eigenvalue weighted by Gasteiger charge is 2.17. The molecule has 0 saturated carbocycles. The van der Waals surface area contributed by atoms with Gasteiger partial charge in [0.25, 0.3) is 5.91 Å². The fourth-order valence-corrected chi connectivity index (χ4v) is 1.74. The van der Waals surface area contributed by atoms with Crippen LogP contribution in [0, 0.1) is 0 Å². The standard InChI is InChI=1S/C15H13N3O4/c1-22-12-5-3-2-4-11(12)13(15(20)21)17-18-14(19)10-6-8-16-9-7-10/h2-9H,1H3,(H,18,19)(H,20,21)/b17-13-. The number of nitrogens with one attached hydrogen (secondary N) is 1. The van der Waals surface area contributed by atoms with Crippen molar-refractivity contribution in [2.45, 2.75) is 0 Å². The Labute approximate surface area is 126 Å². The van der Waals surface area contributed by atoms with Crippen molar-refractivity contribution in [2.75, 3.05) is 7.11 Å². The van der Waals surface area contributed by atoms with E-state index in [0.717, 1.165) is 0 Å². The molecule has 112 valence electrons. The average molecular weight is 299 g/mol. The Morgan fingerprint density at radius 2 is 1.86 bits per heavy atom. The maximum Gasteiger partial charge on any atom is 0.357 e. The first-order chi connectivity index (χ1) is 10.6. The van der Waals surface area contributed by atoms with Crippen LogP contribution in [0.3, 0.4) is 0 Å². The van der Waals surface area contributed by atoms with Gasteiger partial charge in [0.05, 0.1) is 12.7 Å². The highest BCUT2D eigenvalue weighted by atomic mass is 16.5. The van der Waals surface area contributed by atoms with Gasteiger partial charge in [-0.1, -0.05) is 12.1 Å². The van der Waals surface area contributed by atoms with Crippen LogP contribution in [0.2, 0.25) is 0 Å². The molecule has 2 N–H and O–H groups in total. The molecule has 1 amide bonds. The van der Waals surface area contributed by atoms with Crippen LogP contribution in [-0.2, 0) is 4.79 Å². The van der Waals surface area contributed by atoms with Crippen molar-refractivity contribution < 1.29 is 19.4 Å². The van der Waals surface area contributed by atoms with E-state index >= 15 is 0 Å². The molecule has 1 heterocycles. The van der Waals surface area contributed by atoms with Crippen molar-refractivity contribution >= 4 is 17.6 Å². The largest absolute Gasteiger partial charge is 0.496 e. The second-order valence-corrected chi connectivity index (χ2v) is 4.14. The highest BCUT2D eigenvalue weighted by molar-refractivity contribution is 6.43. The molecule has 0 aliphatic carbocycles. The Kier molecular flexibility index (Phi) is 4.81. The number of para-hydroxylation sites is 1. The molecule has 0 aliphatic heterocycles. The lowest BCUT2D eigenvalue weighted by Crippen LogP contribution is -2.24. The van der Waals surface area contributed by atoms with Gasteiger partial charge in [0.15, 0.2) is 5.71 Å². The van der Waals surface area contributed by atoms with Crippen LogP contribution in [0.4, 0.5) is 0 Å². The van der Waals surface area contributed by atoms with E-state index in [4.69, 9.17) is 4.74 Å². The van der Waals surface area contributed by atoms with Gasteiger partial charge < -0.3 is 9.84 Å². The van der Waals surface area contributed by atoms with Crippen LogP contribution in [-0.4, -0.2) is 34.8 Å². The van der Waals surface area contributed by atoms with E-state index in [0.29, 0.717) is 11.3 Å². The summed E-state index contributed by atoms with van der Waals surface area (Å²) in [4.78, 5) is 27.1. The third-order valence-corrected chi connectivity index (χ3v) is 2.78. The summed E-state index contributed by atoms with van der Waals surface area (Å²) in [5.74, 6) is -1.46. The molecule has 7 heteroatoms. The number of aromatic nitrogens is 1. The van der Waals surface area contributed by atoms with Crippen LogP contribution >= 0.6 is 0 Å². The van der Waals surface area contributed by atoms with Gasteiger partial charge in [-0.15, -0.1) is 0 Å². The number of hydrogen-bond donors (Lipinski definition) is 2. The van der Waals surface area contributed by atoms with E-state index < -0.39 is 11.9 Å². The zero-order chi connectivity index (χ0) is 15.9. The monoisotopic (exact) mass is 299 g/mol. The summed E-state index contributed by atoms with van der Waals surface area (Å²) >= 11 is 0. The number of methoxy groups -OCH3 is 1. The highest BCUT2D eigenvalue weighted by Crippen LogP contribution is 2.18. The van der Waals surface area contributed by atoms with Crippen LogP contribution < -0.4 is 10.2 Å². The first-order valence-electron chi connectivity index (χ1n) is 6.28. The van der Waals surface area contributed by atoms with E-state index in [1.807, 2.05) is 0 Å². The topological polar surface area (TPSA) is 101 Å². The van der Waals surface area contributed by atoms with Gasteiger partial charge >= 0.3 is 5.97 Å². The van der Waals surface area contributed by atoms with E-state index in [2.05, 4.69) is 15.5 Å². The molecule has 22 heavy (non-hydrogen) atoms. The van der Waals surface area contributed by atoms with Crippen LogP contribution in [0.5, 0.6) is 5.75 Å². The van der Waals surface area contributed by atoms with Crippen molar-refractivity contribution in [1.29, 1.82) is 0 Å². The number of carboxylic acid groups (broad SMARTS) is 1. The van der Waals surface area contributed by atoms with E-state index in [1.54, 1.807) is 24.3 Å². The normalized spacial score (nSPS) is 10.9. The minimum absolute atomic E-state index is 0.271. The number of hydrogen-bond acceptors (Lipinski definition) is 5. The lowest BCUT2D eigenvalue weighted by atomic mass is 10.1. The van der Waals surface area contributed by atoms with Gasteiger partial charge in [-0.3, -0.25) is 9.78 Å². The van der Waals surface area contributed by atoms with Gasteiger partial charge in [0.1, 0.15) is 5.75 Å². The number of nitrogens with zero attached hydrogens (tertiary/aromatic N) is 2. The Balaban J connectivity index is 2.29. The molecule has 0 atom stereocenters. The molecule has 0 aliphatic rings. The number of hydrazone groups is 1. The van der Waals surface area contributed by atoms with E-state index in [-0.39, 0.29) is 11.3 Å². The summed E-state index contributed by atoms with van der Waals surface area (Å²) in [6, 6.07) is 9.50. The molecule has 2 aromatic rings. The quantitative estimate of drug-likeness (QED) is 0.640. The van der Waals surface area contributed by atoms with Crippen LogP contribution in [0.25, 0.3) is 0 Å². The fraction of sp³-hybridized carbons (Fsp3) is 0.0667. The van der Waals surface area contributed by atoms with Gasteiger partial charge in [-0.25, -0.2) is 10.2 Å². The molecule has 0 saturated heterocycles.